The van der Waals surface area contributed by atoms with Gasteiger partial charge >= 0.3 is 5.97 Å². The van der Waals surface area contributed by atoms with Crippen LogP contribution in [0.1, 0.15) is 13.3 Å². The summed E-state index contributed by atoms with van der Waals surface area (Å²) in [6.07, 6.45) is -0.347. The Labute approximate surface area is 126 Å². The van der Waals surface area contributed by atoms with Gasteiger partial charge in [0.2, 0.25) is 0 Å². The Kier molecular flexibility index (Phi) is 4.79. The molecule has 2 aromatic carbocycles. The molecule has 0 aliphatic rings. The van der Waals surface area contributed by atoms with E-state index in [0.717, 1.165) is 15.6 Å². The van der Waals surface area contributed by atoms with Crippen molar-refractivity contribution in [2.24, 2.45) is 0 Å². The molecule has 0 aromatic heterocycles. The largest absolute Gasteiger partial charge is 0.490 e. The van der Waals surface area contributed by atoms with E-state index in [9.17, 15) is 4.79 Å². The molecular weight excluding hydrogens is 320 g/mol. The van der Waals surface area contributed by atoms with Gasteiger partial charge in [-0.15, -0.1) is 0 Å². The number of hydrogen-bond donors (Lipinski definition) is 1. The third-order valence-electron chi connectivity index (χ3n) is 2.83. The fourth-order valence-corrected chi connectivity index (χ4v) is 2.15. The first-order chi connectivity index (χ1) is 9.54. The molecule has 1 atom stereocenters. The fraction of sp³-hybridized carbons (Fsp3) is 0.188. The molecule has 2 rings (SSSR count). The van der Waals surface area contributed by atoms with Crippen LogP contribution in [-0.4, -0.2) is 17.2 Å². The van der Waals surface area contributed by atoms with E-state index in [4.69, 9.17) is 9.84 Å². The summed E-state index contributed by atoms with van der Waals surface area (Å²) in [6, 6.07) is 15.7. The van der Waals surface area contributed by atoms with Gasteiger partial charge in [-0.3, -0.25) is 4.79 Å². The Hall–Kier alpha value is -1.81. The molecule has 0 bridgehead atoms. The third kappa shape index (κ3) is 4.10. The monoisotopic (exact) mass is 334 g/mol. The van der Waals surface area contributed by atoms with Crippen LogP contribution in [0.5, 0.6) is 5.75 Å². The number of benzene rings is 2. The van der Waals surface area contributed by atoms with Gasteiger partial charge in [0.1, 0.15) is 11.9 Å². The number of aliphatic carboxylic acids is 1. The Morgan fingerprint density at radius 3 is 2.10 bits per heavy atom. The Morgan fingerprint density at radius 1 is 1.10 bits per heavy atom. The molecule has 0 radical (unpaired) electrons. The Morgan fingerprint density at radius 2 is 1.60 bits per heavy atom. The maximum Gasteiger partial charge on any atom is 0.307 e. The molecule has 1 N–H and O–H groups in total. The lowest BCUT2D eigenvalue weighted by Crippen LogP contribution is -2.16. The van der Waals surface area contributed by atoms with Crippen molar-refractivity contribution < 1.29 is 14.6 Å². The zero-order valence-corrected chi connectivity index (χ0v) is 12.6. The molecule has 0 saturated carbocycles. The van der Waals surface area contributed by atoms with Gasteiger partial charge in [-0.1, -0.05) is 40.2 Å². The second kappa shape index (κ2) is 6.57. The zero-order valence-electron chi connectivity index (χ0n) is 11.0. The highest BCUT2D eigenvalue weighted by molar-refractivity contribution is 9.10. The van der Waals surface area contributed by atoms with Gasteiger partial charge in [0.05, 0.1) is 6.42 Å². The highest BCUT2D eigenvalue weighted by atomic mass is 79.9. The van der Waals surface area contributed by atoms with Crippen molar-refractivity contribution in [3.63, 3.8) is 0 Å². The summed E-state index contributed by atoms with van der Waals surface area (Å²) < 4.78 is 6.59. The first-order valence-corrected chi connectivity index (χ1v) is 7.08. The van der Waals surface area contributed by atoms with Crippen LogP contribution in [0.15, 0.2) is 53.0 Å². The molecule has 2 aromatic rings. The number of carboxylic acids is 1. The van der Waals surface area contributed by atoms with E-state index in [0.29, 0.717) is 5.75 Å². The van der Waals surface area contributed by atoms with Crippen LogP contribution in [0, 0.1) is 0 Å². The van der Waals surface area contributed by atoms with Crippen LogP contribution in [0.4, 0.5) is 0 Å². The number of ether oxygens (including phenoxy) is 1. The standard InChI is InChI=1S/C16H15BrO3/c1-11(10-16(18)19)20-15-8-4-13(5-9-15)12-2-6-14(17)7-3-12/h2-9,11H,10H2,1H3,(H,18,19)/t11-/m0/s1. The zero-order chi connectivity index (χ0) is 14.5. The second-order valence-corrected chi connectivity index (χ2v) is 5.47. The van der Waals surface area contributed by atoms with Crippen molar-refractivity contribution in [1.82, 2.24) is 0 Å². The van der Waals surface area contributed by atoms with Gasteiger partial charge in [0.25, 0.3) is 0 Å². The first-order valence-electron chi connectivity index (χ1n) is 6.29. The van der Waals surface area contributed by atoms with Crippen LogP contribution in [0.3, 0.4) is 0 Å². The number of carboxylic acid groups (broad SMARTS) is 1. The van der Waals surface area contributed by atoms with Gasteiger partial charge in [-0.25, -0.2) is 0 Å². The van der Waals surface area contributed by atoms with Gasteiger partial charge in [0, 0.05) is 4.47 Å². The normalized spacial score (nSPS) is 11.9. The van der Waals surface area contributed by atoms with E-state index in [-0.39, 0.29) is 12.5 Å². The van der Waals surface area contributed by atoms with Crippen LogP contribution < -0.4 is 4.74 Å². The van der Waals surface area contributed by atoms with E-state index in [1.807, 2.05) is 48.5 Å². The summed E-state index contributed by atoms with van der Waals surface area (Å²) in [5.41, 5.74) is 2.22. The molecule has 0 amide bonds. The fourth-order valence-electron chi connectivity index (χ4n) is 1.89. The van der Waals surface area contributed by atoms with Crippen LogP contribution in [-0.2, 0) is 4.79 Å². The van der Waals surface area contributed by atoms with Crippen molar-refractivity contribution in [3.8, 4) is 16.9 Å². The van der Waals surface area contributed by atoms with Crippen molar-refractivity contribution in [2.45, 2.75) is 19.4 Å². The number of hydrogen-bond acceptors (Lipinski definition) is 2. The molecular formula is C16H15BrO3. The van der Waals surface area contributed by atoms with E-state index >= 15 is 0 Å². The lowest BCUT2D eigenvalue weighted by atomic mass is 10.1. The van der Waals surface area contributed by atoms with Crippen LogP contribution in [0.2, 0.25) is 0 Å². The molecule has 0 unspecified atom stereocenters. The highest BCUT2D eigenvalue weighted by Crippen LogP contribution is 2.24. The Bertz CT molecular complexity index is 576. The first kappa shape index (κ1) is 14.6. The van der Waals surface area contributed by atoms with Crippen molar-refractivity contribution in [1.29, 1.82) is 0 Å². The molecule has 0 aliphatic carbocycles. The summed E-state index contributed by atoms with van der Waals surface area (Å²) >= 11 is 3.41. The number of rotatable bonds is 5. The summed E-state index contributed by atoms with van der Waals surface area (Å²) in [4.78, 5) is 10.6. The Balaban J connectivity index is 2.06. The summed E-state index contributed by atoms with van der Waals surface area (Å²) in [6.45, 7) is 1.75. The number of halogens is 1. The van der Waals surface area contributed by atoms with Crippen molar-refractivity contribution in [2.75, 3.05) is 0 Å². The molecule has 0 fully saturated rings. The molecule has 0 saturated heterocycles. The van der Waals surface area contributed by atoms with Gasteiger partial charge < -0.3 is 9.84 Å². The van der Waals surface area contributed by atoms with E-state index < -0.39 is 5.97 Å². The van der Waals surface area contributed by atoms with E-state index in [1.165, 1.54) is 0 Å². The molecule has 104 valence electrons. The maximum absolute atomic E-state index is 10.6. The molecule has 3 nitrogen and oxygen atoms in total. The molecule has 4 heteroatoms. The van der Waals surface area contributed by atoms with Crippen molar-refractivity contribution >= 4 is 21.9 Å². The average molecular weight is 335 g/mol. The molecule has 20 heavy (non-hydrogen) atoms. The summed E-state index contributed by atoms with van der Waals surface area (Å²) in [5, 5.41) is 8.69. The topological polar surface area (TPSA) is 46.5 Å². The van der Waals surface area contributed by atoms with Gasteiger partial charge in [0.15, 0.2) is 0 Å². The minimum atomic E-state index is -0.857. The molecule has 0 heterocycles. The third-order valence-corrected chi connectivity index (χ3v) is 3.36. The molecule has 0 aliphatic heterocycles. The maximum atomic E-state index is 10.6. The lowest BCUT2D eigenvalue weighted by Gasteiger charge is -2.13. The SMILES string of the molecule is C[C@@H](CC(=O)O)Oc1ccc(-c2ccc(Br)cc2)cc1. The van der Waals surface area contributed by atoms with Crippen molar-refractivity contribution in [3.05, 3.63) is 53.0 Å². The predicted octanol–water partition coefficient (Wildman–Crippen LogP) is 4.36. The minimum Gasteiger partial charge on any atom is -0.490 e. The van der Waals surface area contributed by atoms with Crippen LogP contribution in [0.25, 0.3) is 11.1 Å². The minimum absolute atomic E-state index is 0.00549. The molecule has 0 spiro atoms. The van der Waals surface area contributed by atoms with E-state index in [1.54, 1.807) is 6.92 Å². The van der Waals surface area contributed by atoms with Gasteiger partial charge in [-0.2, -0.15) is 0 Å². The predicted molar refractivity (Wildman–Crippen MR) is 81.9 cm³/mol. The van der Waals surface area contributed by atoms with Gasteiger partial charge in [-0.05, 0) is 42.3 Å². The quantitative estimate of drug-likeness (QED) is 0.883. The number of carbonyl (C=O) groups is 1. The van der Waals surface area contributed by atoms with E-state index in [2.05, 4.69) is 15.9 Å². The van der Waals surface area contributed by atoms with Crippen LogP contribution >= 0.6 is 15.9 Å². The highest BCUT2D eigenvalue weighted by Gasteiger charge is 2.09. The average Bonchev–Trinajstić information content (AvgIpc) is 2.39. The second-order valence-electron chi connectivity index (χ2n) is 4.56. The summed E-state index contributed by atoms with van der Waals surface area (Å²) in [5.74, 6) is -0.177. The smallest absolute Gasteiger partial charge is 0.307 e. The lowest BCUT2D eigenvalue weighted by molar-refractivity contribution is -0.138. The summed E-state index contributed by atoms with van der Waals surface area (Å²) in [7, 11) is 0.